The molecular weight excluding hydrogens is 294 g/mol. The van der Waals surface area contributed by atoms with E-state index in [1.165, 1.54) is 0 Å². The second-order valence-electron chi connectivity index (χ2n) is 4.86. The predicted octanol–water partition coefficient (Wildman–Crippen LogP) is -0.946. The molecule has 0 rings (SSSR count). The summed E-state index contributed by atoms with van der Waals surface area (Å²) in [4.78, 5) is 44.5. The van der Waals surface area contributed by atoms with Gasteiger partial charge in [0.15, 0.2) is 0 Å². The second kappa shape index (κ2) is 10.6. The largest absolute Gasteiger partial charge is 0.481 e. The first kappa shape index (κ1) is 19.8. The fourth-order valence-electron chi connectivity index (χ4n) is 1.62. The van der Waals surface area contributed by atoms with Crippen LogP contribution in [0.25, 0.3) is 0 Å². The summed E-state index contributed by atoms with van der Waals surface area (Å²) in [5.41, 5.74) is 5.62. The van der Waals surface area contributed by atoms with Crippen molar-refractivity contribution in [1.29, 1.82) is 0 Å². The lowest BCUT2D eigenvalue weighted by Gasteiger charge is -2.15. The van der Waals surface area contributed by atoms with Crippen molar-refractivity contribution < 1.29 is 29.4 Å². The molecule has 0 aliphatic heterocycles. The maximum absolute atomic E-state index is 11.6. The number of unbranched alkanes of at least 4 members (excludes halogenated alkanes) is 1. The summed E-state index contributed by atoms with van der Waals surface area (Å²) in [7, 11) is 0. The van der Waals surface area contributed by atoms with Gasteiger partial charge in [0, 0.05) is 6.42 Å². The van der Waals surface area contributed by atoms with Gasteiger partial charge in [-0.25, -0.2) is 4.79 Å². The highest BCUT2D eigenvalue weighted by Gasteiger charge is 2.21. The maximum Gasteiger partial charge on any atom is 0.326 e. The quantitative estimate of drug-likeness (QED) is 0.328. The van der Waals surface area contributed by atoms with Crippen molar-refractivity contribution in [2.45, 2.75) is 51.1 Å². The van der Waals surface area contributed by atoms with E-state index < -0.39 is 42.4 Å². The van der Waals surface area contributed by atoms with Crippen molar-refractivity contribution in [3.05, 3.63) is 0 Å². The Labute approximate surface area is 128 Å². The first-order valence-electron chi connectivity index (χ1n) is 7.05. The third-order valence-corrected chi connectivity index (χ3v) is 2.91. The molecule has 0 spiro atoms. The Balaban J connectivity index is 4.21. The molecule has 126 valence electrons. The van der Waals surface area contributed by atoms with Crippen LogP contribution in [0.1, 0.15) is 39.0 Å². The van der Waals surface area contributed by atoms with Gasteiger partial charge in [-0.3, -0.25) is 14.4 Å². The van der Waals surface area contributed by atoms with Crippen molar-refractivity contribution in [3.8, 4) is 0 Å². The number of nitrogens with two attached hydrogens (primary N) is 1. The lowest BCUT2D eigenvalue weighted by Crippen LogP contribution is -2.48. The Hall–Kier alpha value is -2.16. The Kier molecular flexibility index (Phi) is 9.51. The third-order valence-electron chi connectivity index (χ3n) is 2.91. The minimum atomic E-state index is -1.33. The van der Waals surface area contributed by atoms with E-state index in [1.54, 1.807) is 0 Å². The number of hydrogen-bond acceptors (Lipinski definition) is 5. The molecule has 0 aromatic carbocycles. The third kappa shape index (κ3) is 8.90. The zero-order chi connectivity index (χ0) is 17.1. The standard InChI is InChI=1S/C13H23N3O6/c1-2-3-4-8(14)12(20)15-7-10(17)16-9(13(21)22)5-6-11(18)19/h8-9H,2-7,14H2,1H3,(H,15,20)(H,16,17)(H,18,19)(H,21,22)/t8-,9-/m0/s1. The van der Waals surface area contributed by atoms with Crippen LogP contribution in [0.15, 0.2) is 0 Å². The van der Waals surface area contributed by atoms with E-state index in [0.717, 1.165) is 12.8 Å². The molecule has 22 heavy (non-hydrogen) atoms. The molecule has 2 amide bonds. The van der Waals surface area contributed by atoms with E-state index in [1.807, 2.05) is 6.92 Å². The molecule has 0 aromatic rings. The van der Waals surface area contributed by atoms with Crippen molar-refractivity contribution in [3.63, 3.8) is 0 Å². The molecule has 0 aliphatic rings. The Morgan fingerprint density at radius 2 is 1.77 bits per heavy atom. The van der Waals surface area contributed by atoms with Gasteiger partial charge in [-0.1, -0.05) is 19.8 Å². The van der Waals surface area contributed by atoms with Gasteiger partial charge in [0.25, 0.3) is 0 Å². The van der Waals surface area contributed by atoms with E-state index in [4.69, 9.17) is 15.9 Å². The molecular formula is C13H23N3O6. The summed E-state index contributed by atoms with van der Waals surface area (Å²) in [5, 5.41) is 21.9. The van der Waals surface area contributed by atoms with Crippen molar-refractivity contribution in [2.75, 3.05) is 6.54 Å². The molecule has 0 aliphatic carbocycles. The molecule has 9 nitrogen and oxygen atoms in total. The summed E-state index contributed by atoms with van der Waals surface area (Å²) in [6.07, 6.45) is 1.56. The molecule has 9 heteroatoms. The number of hydrogen-bond donors (Lipinski definition) is 5. The first-order valence-corrected chi connectivity index (χ1v) is 7.05. The maximum atomic E-state index is 11.6. The van der Waals surface area contributed by atoms with E-state index in [2.05, 4.69) is 10.6 Å². The van der Waals surface area contributed by atoms with Gasteiger partial charge in [0.1, 0.15) is 6.04 Å². The van der Waals surface area contributed by atoms with E-state index in [-0.39, 0.29) is 12.8 Å². The van der Waals surface area contributed by atoms with Crippen LogP contribution in [0.5, 0.6) is 0 Å². The van der Waals surface area contributed by atoms with Gasteiger partial charge in [-0.05, 0) is 12.8 Å². The van der Waals surface area contributed by atoms with Crippen molar-refractivity contribution >= 4 is 23.8 Å². The summed E-state index contributed by atoms with van der Waals surface area (Å²) in [5.74, 6) is -3.69. The van der Waals surface area contributed by atoms with Crippen LogP contribution in [0, 0.1) is 0 Å². The number of rotatable bonds is 11. The lowest BCUT2D eigenvalue weighted by molar-refractivity contribution is -0.143. The van der Waals surface area contributed by atoms with Crippen LogP contribution in [0.4, 0.5) is 0 Å². The smallest absolute Gasteiger partial charge is 0.326 e. The number of nitrogens with one attached hydrogen (secondary N) is 2. The van der Waals surface area contributed by atoms with E-state index >= 15 is 0 Å². The van der Waals surface area contributed by atoms with Gasteiger partial charge in [0.05, 0.1) is 12.6 Å². The molecule has 0 saturated heterocycles. The molecule has 0 unspecified atom stereocenters. The minimum Gasteiger partial charge on any atom is -0.481 e. The summed E-state index contributed by atoms with van der Waals surface area (Å²) in [6.45, 7) is 1.55. The van der Waals surface area contributed by atoms with E-state index in [0.29, 0.717) is 6.42 Å². The molecule has 0 radical (unpaired) electrons. The molecule has 0 saturated carbocycles. The van der Waals surface area contributed by atoms with Gasteiger partial charge in [-0.15, -0.1) is 0 Å². The van der Waals surface area contributed by atoms with E-state index in [9.17, 15) is 19.2 Å². The Morgan fingerprint density at radius 3 is 2.27 bits per heavy atom. The number of carbonyl (C=O) groups excluding carboxylic acids is 2. The van der Waals surface area contributed by atoms with Gasteiger partial charge >= 0.3 is 11.9 Å². The molecule has 0 fully saturated rings. The molecule has 6 N–H and O–H groups in total. The average Bonchev–Trinajstić information content (AvgIpc) is 2.45. The van der Waals surface area contributed by atoms with Crippen LogP contribution in [-0.4, -0.2) is 52.6 Å². The number of carboxylic acids is 2. The molecule has 0 heterocycles. The fourth-order valence-corrected chi connectivity index (χ4v) is 1.62. The van der Waals surface area contributed by atoms with Crippen LogP contribution in [-0.2, 0) is 19.2 Å². The molecule has 0 aromatic heterocycles. The number of carbonyl (C=O) groups is 4. The SMILES string of the molecule is CCCC[C@H](N)C(=O)NCC(=O)N[C@@H](CCC(=O)O)C(=O)O. The van der Waals surface area contributed by atoms with Crippen LogP contribution >= 0.6 is 0 Å². The van der Waals surface area contributed by atoms with Crippen LogP contribution in [0.3, 0.4) is 0 Å². The van der Waals surface area contributed by atoms with Gasteiger partial charge < -0.3 is 26.6 Å². The fraction of sp³-hybridized carbons (Fsp3) is 0.692. The highest BCUT2D eigenvalue weighted by molar-refractivity contribution is 5.89. The molecule has 0 bridgehead atoms. The zero-order valence-corrected chi connectivity index (χ0v) is 12.5. The zero-order valence-electron chi connectivity index (χ0n) is 12.5. The van der Waals surface area contributed by atoms with Crippen LogP contribution < -0.4 is 16.4 Å². The molecule has 2 atom stereocenters. The summed E-state index contributed by atoms with van der Waals surface area (Å²) in [6, 6.07) is -2.02. The van der Waals surface area contributed by atoms with Crippen molar-refractivity contribution in [1.82, 2.24) is 10.6 Å². The predicted molar refractivity (Wildman–Crippen MR) is 76.9 cm³/mol. The summed E-state index contributed by atoms with van der Waals surface area (Å²) < 4.78 is 0. The number of aliphatic carboxylic acids is 2. The van der Waals surface area contributed by atoms with Crippen molar-refractivity contribution in [2.24, 2.45) is 5.73 Å². The highest BCUT2D eigenvalue weighted by Crippen LogP contribution is 1.99. The monoisotopic (exact) mass is 317 g/mol. The Bertz CT molecular complexity index is 413. The van der Waals surface area contributed by atoms with Gasteiger partial charge in [0.2, 0.25) is 11.8 Å². The van der Waals surface area contributed by atoms with Crippen LogP contribution in [0.2, 0.25) is 0 Å². The van der Waals surface area contributed by atoms with Gasteiger partial charge in [-0.2, -0.15) is 0 Å². The number of carboxylic acid groups (broad SMARTS) is 2. The normalized spacial score (nSPS) is 13.0. The second-order valence-corrected chi connectivity index (χ2v) is 4.86. The minimum absolute atomic E-state index is 0.236. The lowest BCUT2D eigenvalue weighted by atomic mass is 10.1. The Morgan fingerprint density at radius 1 is 1.14 bits per heavy atom. The summed E-state index contributed by atoms with van der Waals surface area (Å²) >= 11 is 0. The first-order chi connectivity index (χ1) is 10.3. The topological polar surface area (TPSA) is 159 Å². The number of amides is 2. The average molecular weight is 317 g/mol. The highest BCUT2D eigenvalue weighted by atomic mass is 16.4.